The average molecular weight is 401 g/mol. The summed E-state index contributed by atoms with van der Waals surface area (Å²) in [7, 11) is 1.73. The van der Waals surface area contributed by atoms with Crippen molar-refractivity contribution < 1.29 is 4.42 Å². The summed E-state index contributed by atoms with van der Waals surface area (Å²) < 4.78 is 9.09. The van der Waals surface area contributed by atoms with Crippen molar-refractivity contribution in [3.63, 3.8) is 0 Å². The molecule has 0 amide bonds. The summed E-state index contributed by atoms with van der Waals surface area (Å²) in [5.41, 5.74) is 1.38. The summed E-state index contributed by atoms with van der Waals surface area (Å²) in [6.45, 7) is 0.158. The lowest BCUT2D eigenvalue weighted by Crippen LogP contribution is -2.21. The zero-order valence-electron chi connectivity index (χ0n) is 13.3. The Bertz CT molecular complexity index is 1100. The molecule has 3 aromatic heterocycles. The fourth-order valence-corrected chi connectivity index (χ4v) is 3.17. The summed E-state index contributed by atoms with van der Waals surface area (Å²) in [6.07, 6.45) is 2.01. The Morgan fingerprint density at radius 1 is 1.16 bits per heavy atom. The first-order valence-corrected chi connectivity index (χ1v) is 8.34. The smallest absolute Gasteiger partial charge is 0.266 e. The van der Waals surface area contributed by atoms with Gasteiger partial charge >= 0.3 is 0 Å². The van der Waals surface area contributed by atoms with Gasteiger partial charge in [0.2, 0.25) is 11.8 Å². The van der Waals surface area contributed by atoms with Crippen LogP contribution in [0.5, 0.6) is 0 Å². The molecule has 4 rings (SSSR count). The fourth-order valence-electron chi connectivity index (χ4n) is 2.59. The van der Waals surface area contributed by atoms with Crippen LogP contribution in [0.15, 0.2) is 50.5 Å². The van der Waals surface area contributed by atoms with Crippen LogP contribution >= 0.6 is 15.9 Å². The second-order valence-electron chi connectivity index (χ2n) is 5.54. The zero-order chi connectivity index (χ0) is 17.4. The topological polar surface area (TPSA) is 91.6 Å². The van der Waals surface area contributed by atoms with Gasteiger partial charge in [-0.25, -0.2) is 9.67 Å². The molecule has 0 radical (unpaired) electrons. The number of benzene rings is 1. The van der Waals surface area contributed by atoms with Crippen molar-refractivity contribution in [1.82, 2.24) is 29.5 Å². The van der Waals surface area contributed by atoms with E-state index in [0.29, 0.717) is 33.8 Å². The summed E-state index contributed by atoms with van der Waals surface area (Å²) in [4.78, 5) is 16.9. The minimum atomic E-state index is -0.215. The van der Waals surface area contributed by atoms with E-state index < -0.39 is 0 Å². The second-order valence-corrected chi connectivity index (χ2v) is 6.29. The Kier molecular flexibility index (Phi) is 3.92. The third kappa shape index (κ3) is 2.98. The van der Waals surface area contributed by atoms with Gasteiger partial charge in [0.25, 0.3) is 5.56 Å². The summed E-state index contributed by atoms with van der Waals surface area (Å²) in [5, 5.41) is 12.6. The molecule has 9 heteroatoms. The molecule has 0 unspecified atom stereocenters. The van der Waals surface area contributed by atoms with Gasteiger partial charge in [-0.15, -0.1) is 10.2 Å². The Labute approximate surface area is 150 Å². The molecular formula is C16H13BrN6O2. The number of aromatic nitrogens is 6. The molecule has 8 nitrogen and oxygen atoms in total. The average Bonchev–Trinajstić information content (AvgIpc) is 3.15. The minimum absolute atomic E-state index is 0.158. The number of hydrogen-bond donors (Lipinski definition) is 0. The normalized spacial score (nSPS) is 11.3. The van der Waals surface area contributed by atoms with Crippen LogP contribution in [0.1, 0.15) is 17.3 Å². The summed E-state index contributed by atoms with van der Waals surface area (Å²) in [5.74, 6) is 0.861. The highest BCUT2D eigenvalue weighted by atomic mass is 79.9. The molecule has 0 fully saturated rings. The molecule has 3 heterocycles. The van der Waals surface area contributed by atoms with Crippen molar-refractivity contribution in [3.05, 3.63) is 69.0 Å². The molecule has 4 aromatic rings. The molecule has 0 aliphatic carbocycles. The van der Waals surface area contributed by atoms with Crippen LogP contribution in [0.3, 0.4) is 0 Å². The van der Waals surface area contributed by atoms with Crippen molar-refractivity contribution >= 4 is 27.0 Å². The second kappa shape index (κ2) is 6.25. The van der Waals surface area contributed by atoms with Gasteiger partial charge in [-0.2, -0.15) is 5.10 Å². The summed E-state index contributed by atoms with van der Waals surface area (Å²) >= 11 is 3.29. The Hall–Kier alpha value is -2.81. The molecule has 0 aliphatic rings. The van der Waals surface area contributed by atoms with Crippen LogP contribution in [-0.2, 0) is 20.0 Å². The Balaban J connectivity index is 1.61. The maximum absolute atomic E-state index is 12.6. The van der Waals surface area contributed by atoms with E-state index in [2.05, 4.69) is 36.2 Å². The lowest BCUT2D eigenvalue weighted by atomic mass is 10.2. The van der Waals surface area contributed by atoms with Gasteiger partial charge in [0.05, 0.1) is 6.42 Å². The van der Waals surface area contributed by atoms with Gasteiger partial charge in [0.1, 0.15) is 22.9 Å². The predicted molar refractivity (Wildman–Crippen MR) is 93.1 cm³/mol. The Morgan fingerprint density at radius 3 is 2.72 bits per heavy atom. The highest BCUT2D eigenvalue weighted by molar-refractivity contribution is 9.10. The van der Waals surface area contributed by atoms with Crippen molar-refractivity contribution in [2.24, 2.45) is 7.05 Å². The fraction of sp³-hybridized carbons (Fsp3) is 0.188. The van der Waals surface area contributed by atoms with Crippen LogP contribution in [0.4, 0.5) is 0 Å². The van der Waals surface area contributed by atoms with Gasteiger partial charge < -0.3 is 4.42 Å². The first-order valence-electron chi connectivity index (χ1n) is 7.54. The van der Waals surface area contributed by atoms with Crippen LogP contribution in [0, 0.1) is 0 Å². The molecule has 1 aromatic carbocycles. The predicted octanol–water partition coefficient (Wildman–Crippen LogP) is 1.91. The highest BCUT2D eigenvalue weighted by Crippen LogP contribution is 2.17. The Morgan fingerprint density at radius 2 is 1.92 bits per heavy atom. The van der Waals surface area contributed by atoms with E-state index in [1.165, 1.54) is 10.9 Å². The monoisotopic (exact) mass is 400 g/mol. The summed E-state index contributed by atoms with van der Waals surface area (Å²) in [6, 6.07) is 9.85. The lowest BCUT2D eigenvalue weighted by Gasteiger charge is -2.01. The maximum Gasteiger partial charge on any atom is 0.266 e. The number of halogens is 1. The van der Waals surface area contributed by atoms with E-state index in [1.807, 2.05) is 30.3 Å². The van der Waals surface area contributed by atoms with Gasteiger partial charge in [0.15, 0.2) is 5.65 Å². The van der Waals surface area contributed by atoms with E-state index in [-0.39, 0.29) is 12.1 Å². The quantitative estimate of drug-likeness (QED) is 0.519. The van der Waals surface area contributed by atoms with Gasteiger partial charge in [-0.1, -0.05) is 30.3 Å². The number of nitrogens with zero attached hydrogens (tertiary/aromatic N) is 6. The minimum Gasteiger partial charge on any atom is -0.423 e. The first-order chi connectivity index (χ1) is 12.1. The van der Waals surface area contributed by atoms with Crippen LogP contribution in [-0.4, -0.2) is 29.5 Å². The van der Waals surface area contributed by atoms with Gasteiger partial charge in [-0.05, 0) is 21.5 Å². The van der Waals surface area contributed by atoms with E-state index in [1.54, 1.807) is 11.7 Å². The van der Waals surface area contributed by atoms with Crippen LogP contribution in [0.25, 0.3) is 11.0 Å². The number of aryl methyl sites for hydroxylation is 1. The standard InChI is InChI=1S/C16H13BrN6O2/c1-22-15-13(14(17)21-22)16(24)23(9-18-15)8-12-20-19-11(25-12)7-10-5-3-2-4-6-10/h2-6,9H,7-8H2,1H3. The third-order valence-corrected chi connectivity index (χ3v) is 4.34. The first kappa shape index (κ1) is 15.7. The van der Waals surface area contributed by atoms with Crippen molar-refractivity contribution in [2.45, 2.75) is 13.0 Å². The molecule has 25 heavy (non-hydrogen) atoms. The molecule has 0 saturated heterocycles. The molecule has 0 spiro atoms. The number of hydrogen-bond acceptors (Lipinski definition) is 6. The molecule has 126 valence electrons. The SMILES string of the molecule is Cn1nc(Br)c2c(=O)n(Cc3nnc(Cc4ccccc4)o3)cnc21. The van der Waals surface area contributed by atoms with Crippen LogP contribution < -0.4 is 5.56 Å². The lowest BCUT2D eigenvalue weighted by molar-refractivity contribution is 0.442. The van der Waals surface area contributed by atoms with Crippen molar-refractivity contribution in [1.29, 1.82) is 0 Å². The molecule has 0 aliphatic heterocycles. The number of fused-ring (bicyclic) bond motifs is 1. The van der Waals surface area contributed by atoms with Gasteiger partial charge in [-0.3, -0.25) is 9.36 Å². The van der Waals surface area contributed by atoms with Gasteiger partial charge in [0, 0.05) is 7.05 Å². The molecule has 0 saturated carbocycles. The molecule has 0 N–H and O–H groups in total. The molecule has 0 atom stereocenters. The van der Waals surface area contributed by atoms with Crippen LogP contribution in [0.2, 0.25) is 0 Å². The zero-order valence-corrected chi connectivity index (χ0v) is 14.8. The van der Waals surface area contributed by atoms with E-state index in [4.69, 9.17) is 4.42 Å². The highest BCUT2D eigenvalue weighted by Gasteiger charge is 2.15. The molecular weight excluding hydrogens is 388 g/mol. The third-order valence-electron chi connectivity index (χ3n) is 3.78. The van der Waals surface area contributed by atoms with E-state index in [0.717, 1.165) is 5.56 Å². The van der Waals surface area contributed by atoms with Crippen molar-refractivity contribution in [2.75, 3.05) is 0 Å². The van der Waals surface area contributed by atoms with E-state index >= 15 is 0 Å². The van der Waals surface area contributed by atoms with Crippen molar-refractivity contribution in [3.8, 4) is 0 Å². The van der Waals surface area contributed by atoms with E-state index in [9.17, 15) is 4.79 Å². The largest absolute Gasteiger partial charge is 0.423 e. The number of rotatable bonds is 4. The molecule has 0 bridgehead atoms. The maximum atomic E-state index is 12.6.